The van der Waals surface area contributed by atoms with Gasteiger partial charge in [-0.1, -0.05) is 0 Å². The minimum Gasteiger partial charge on any atom is -0.491 e. The number of aromatic nitrogens is 6. The van der Waals surface area contributed by atoms with E-state index in [1.54, 1.807) is 12.4 Å². The zero-order chi connectivity index (χ0) is 21.6. The lowest BCUT2D eigenvalue weighted by Crippen LogP contribution is -2.19. The Balaban J connectivity index is 1.54. The highest BCUT2D eigenvalue weighted by Crippen LogP contribution is 2.36. The molecule has 31 heavy (non-hydrogen) atoms. The van der Waals surface area contributed by atoms with Crippen LogP contribution in [0.3, 0.4) is 0 Å². The largest absolute Gasteiger partial charge is 0.491 e. The van der Waals surface area contributed by atoms with E-state index in [4.69, 9.17) is 4.74 Å². The maximum atomic E-state index is 13.0. The van der Waals surface area contributed by atoms with Crippen LogP contribution in [0.1, 0.15) is 18.7 Å². The van der Waals surface area contributed by atoms with Crippen LogP contribution < -0.4 is 9.64 Å². The number of anilines is 1. The molecule has 2 aliphatic heterocycles. The van der Waals surface area contributed by atoms with Gasteiger partial charge in [0.1, 0.15) is 42.8 Å². The lowest BCUT2D eigenvalue weighted by Gasteiger charge is -2.17. The van der Waals surface area contributed by atoms with Crippen molar-refractivity contribution in [3.05, 3.63) is 24.3 Å². The van der Waals surface area contributed by atoms with E-state index in [-0.39, 0.29) is 17.3 Å². The van der Waals surface area contributed by atoms with Gasteiger partial charge in [0.25, 0.3) is 0 Å². The van der Waals surface area contributed by atoms with Crippen LogP contribution >= 0.6 is 0 Å². The topological polar surface area (TPSA) is 94.1 Å². The van der Waals surface area contributed by atoms with E-state index < -0.39 is 19.3 Å². The van der Waals surface area contributed by atoms with E-state index in [1.165, 1.54) is 0 Å². The standard InChI is InChI=1S/C19H20F3N7O2/c20-19(21,22)11-29-18(25-15(10-30)26-29)13-9-28-5-6-31-14-7-16(27-3-1-2-4-27)23-8-12(14)17(28)24-13/h7-9,30H,1-6,10-11H2. The minimum absolute atomic E-state index is 0.0499. The molecule has 1 saturated heterocycles. The highest BCUT2D eigenvalue weighted by molar-refractivity contribution is 5.69. The number of aliphatic hydroxyl groups excluding tert-OH is 1. The van der Waals surface area contributed by atoms with Crippen LogP contribution in [0.4, 0.5) is 19.0 Å². The van der Waals surface area contributed by atoms with Crippen LogP contribution in [0.15, 0.2) is 18.5 Å². The third-order valence-corrected chi connectivity index (χ3v) is 5.30. The summed E-state index contributed by atoms with van der Waals surface area (Å²) in [5, 5.41) is 13.1. The molecule has 5 heterocycles. The maximum absolute atomic E-state index is 13.0. The second kappa shape index (κ2) is 7.52. The Morgan fingerprint density at radius 2 is 1.90 bits per heavy atom. The van der Waals surface area contributed by atoms with E-state index in [0.29, 0.717) is 30.3 Å². The fourth-order valence-corrected chi connectivity index (χ4v) is 3.92. The zero-order valence-electron chi connectivity index (χ0n) is 16.5. The Labute approximate surface area is 175 Å². The molecular formula is C19H20F3N7O2. The molecule has 2 aliphatic rings. The van der Waals surface area contributed by atoms with Crippen molar-refractivity contribution in [1.29, 1.82) is 0 Å². The molecule has 0 aromatic carbocycles. The van der Waals surface area contributed by atoms with Gasteiger partial charge < -0.3 is 19.3 Å². The molecule has 0 atom stereocenters. The van der Waals surface area contributed by atoms with Crippen molar-refractivity contribution in [2.24, 2.45) is 0 Å². The van der Waals surface area contributed by atoms with E-state index in [9.17, 15) is 18.3 Å². The third-order valence-electron chi connectivity index (χ3n) is 5.30. The van der Waals surface area contributed by atoms with Crippen molar-refractivity contribution in [3.8, 4) is 28.7 Å². The molecule has 0 bridgehead atoms. The van der Waals surface area contributed by atoms with Crippen LogP contribution in [0.5, 0.6) is 5.75 Å². The summed E-state index contributed by atoms with van der Waals surface area (Å²) < 4.78 is 47.4. The highest BCUT2D eigenvalue weighted by atomic mass is 19.4. The molecule has 1 N–H and O–H groups in total. The number of nitrogens with zero attached hydrogens (tertiary/aromatic N) is 7. The second-order valence-corrected chi connectivity index (χ2v) is 7.51. The molecular weight excluding hydrogens is 415 g/mol. The number of aliphatic hydroxyl groups is 1. The monoisotopic (exact) mass is 435 g/mol. The number of fused-ring (bicyclic) bond motifs is 3. The van der Waals surface area contributed by atoms with Gasteiger partial charge in [-0.05, 0) is 12.8 Å². The molecule has 3 aromatic heterocycles. The predicted molar refractivity (Wildman–Crippen MR) is 103 cm³/mol. The van der Waals surface area contributed by atoms with Crippen LogP contribution in [-0.2, 0) is 19.7 Å². The summed E-state index contributed by atoms with van der Waals surface area (Å²) in [5.74, 6) is 1.87. The zero-order valence-corrected chi connectivity index (χ0v) is 16.5. The Bertz CT molecular complexity index is 1100. The molecule has 9 nitrogen and oxygen atoms in total. The highest BCUT2D eigenvalue weighted by Gasteiger charge is 2.32. The molecule has 0 amide bonds. The Kier molecular flexibility index (Phi) is 4.80. The Morgan fingerprint density at radius 3 is 2.65 bits per heavy atom. The number of imidazole rings is 1. The van der Waals surface area contributed by atoms with Crippen LogP contribution in [0.2, 0.25) is 0 Å². The van der Waals surface area contributed by atoms with E-state index in [1.807, 2.05) is 10.6 Å². The van der Waals surface area contributed by atoms with Gasteiger partial charge in [-0.2, -0.15) is 18.3 Å². The number of halogens is 3. The molecule has 0 spiro atoms. The first kappa shape index (κ1) is 19.8. The van der Waals surface area contributed by atoms with Gasteiger partial charge in [-0.25, -0.2) is 19.6 Å². The molecule has 3 aromatic rings. The fraction of sp³-hybridized carbons (Fsp3) is 0.474. The molecule has 0 aliphatic carbocycles. The summed E-state index contributed by atoms with van der Waals surface area (Å²) in [6, 6.07) is 1.89. The second-order valence-electron chi connectivity index (χ2n) is 7.51. The van der Waals surface area contributed by atoms with E-state index >= 15 is 0 Å². The Hall–Kier alpha value is -3.15. The smallest absolute Gasteiger partial charge is 0.408 e. The normalized spacial score (nSPS) is 16.1. The lowest BCUT2D eigenvalue weighted by atomic mass is 10.2. The van der Waals surface area contributed by atoms with Crippen LogP contribution in [-0.4, -0.2) is 60.3 Å². The van der Waals surface area contributed by atoms with E-state index in [2.05, 4.69) is 25.0 Å². The van der Waals surface area contributed by atoms with Crippen LogP contribution in [0.25, 0.3) is 22.9 Å². The summed E-state index contributed by atoms with van der Waals surface area (Å²) in [6.07, 6.45) is 1.09. The van der Waals surface area contributed by atoms with Crippen molar-refractivity contribution < 1.29 is 23.0 Å². The average molecular weight is 435 g/mol. The first-order valence-corrected chi connectivity index (χ1v) is 9.98. The average Bonchev–Trinajstić information content (AvgIpc) is 3.45. The summed E-state index contributed by atoms with van der Waals surface area (Å²) in [4.78, 5) is 15.3. The van der Waals surface area contributed by atoms with Crippen molar-refractivity contribution in [2.75, 3.05) is 24.6 Å². The van der Waals surface area contributed by atoms with Gasteiger partial charge in [0, 0.05) is 31.5 Å². The Morgan fingerprint density at radius 1 is 1.10 bits per heavy atom. The summed E-state index contributed by atoms with van der Waals surface area (Å²) in [5.41, 5.74) is 0.902. The van der Waals surface area contributed by atoms with Crippen molar-refractivity contribution in [1.82, 2.24) is 29.3 Å². The van der Waals surface area contributed by atoms with Gasteiger partial charge in [0.15, 0.2) is 11.6 Å². The van der Waals surface area contributed by atoms with Crippen molar-refractivity contribution >= 4 is 5.82 Å². The quantitative estimate of drug-likeness (QED) is 0.672. The number of rotatable bonds is 4. The van der Waals surface area contributed by atoms with Gasteiger partial charge in [0.05, 0.1) is 12.1 Å². The van der Waals surface area contributed by atoms with Gasteiger partial charge in [-0.15, -0.1) is 0 Å². The van der Waals surface area contributed by atoms with Crippen LogP contribution in [0, 0.1) is 0 Å². The number of hydrogen-bond donors (Lipinski definition) is 1. The van der Waals surface area contributed by atoms with Crippen molar-refractivity contribution in [2.45, 2.75) is 38.7 Å². The third kappa shape index (κ3) is 3.82. The number of ether oxygens (including phenoxy) is 1. The molecule has 0 saturated carbocycles. The van der Waals surface area contributed by atoms with Gasteiger partial charge in [-0.3, -0.25) is 0 Å². The minimum atomic E-state index is -4.48. The first-order chi connectivity index (χ1) is 14.9. The lowest BCUT2D eigenvalue weighted by molar-refractivity contribution is -0.142. The van der Waals surface area contributed by atoms with Gasteiger partial charge in [0.2, 0.25) is 0 Å². The molecule has 5 rings (SSSR count). The summed E-state index contributed by atoms with van der Waals surface area (Å²) in [6.45, 7) is 0.870. The molecule has 0 unspecified atom stereocenters. The maximum Gasteiger partial charge on any atom is 0.408 e. The summed E-state index contributed by atoms with van der Waals surface area (Å²) in [7, 11) is 0. The first-order valence-electron chi connectivity index (χ1n) is 9.98. The molecule has 164 valence electrons. The number of alkyl halides is 3. The number of hydrogen-bond acceptors (Lipinski definition) is 7. The SMILES string of the molecule is OCc1nc(-c2cn3c(n2)-c2cnc(N4CCCC4)cc2OCC3)n(CC(F)(F)F)n1. The molecule has 12 heteroatoms. The number of pyridine rings is 1. The van der Waals surface area contributed by atoms with Gasteiger partial charge >= 0.3 is 6.18 Å². The predicted octanol–water partition coefficient (Wildman–Crippen LogP) is 2.25. The summed E-state index contributed by atoms with van der Waals surface area (Å²) >= 11 is 0. The molecule has 1 fully saturated rings. The molecule has 0 radical (unpaired) electrons. The van der Waals surface area contributed by atoms with Crippen molar-refractivity contribution in [3.63, 3.8) is 0 Å². The fourth-order valence-electron chi connectivity index (χ4n) is 3.92. The van der Waals surface area contributed by atoms with E-state index in [0.717, 1.165) is 36.4 Å².